The summed E-state index contributed by atoms with van der Waals surface area (Å²) in [4.78, 5) is 0. The molecule has 1 nitrogen and oxygen atoms in total. The predicted molar refractivity (Wildman–Crippen MR) is 118 cm³/mol. The van der Waals surface area contributed by atoms with E-state index in [-0.39, 0.29) is 53.0 Å². The topological polar surface area (TPSA) is 9.23 Å². The largest absolute Gasteiger partial charge is 0.491 e. The standard InChI is InChI=1S/C27H24F6O/c1-3-5-14-6-8-16(24(30)23(14)29)9-7-15-10-11-17-18-12-13-19(34-4-2)25(31)21(18)27(33)26(32)20(17)22(15)28/h6,8,10-13,26-27H,3-5,7,9H2,1-2H3. The minimum absolute atomic E-state index is 0.0240. The molecule has 34 heavy (non-hydrogen) atoms. The Hall–Kier alpha value is -2.96. The Morgan fingerprint density at radius 2 is 1.09 bits per heavy atom. The molecule has 1 aliphatic carbocycles. The number of fused-ring (bicyclic) bond motifs is 3. The lowest BCUT2D eigenvalue weighted by Gasteiger charge is -2.28. The molecule has 180 valence electrons. The third kappa shape index (κ3) is 4.05. The highest BCUT2D eigenvalue weighted by atomic mass is 19.2. The van der Waals surface area contributed by atoms with E-state index in [0.717, 1.165) is 0 Å². The van der Waals surface area contributed by atoms with Crippen molar-refractivity contribution in [3.05, 3.63) is 87.5 Å². The van der Waals surface area contributed by atoms with Crippen LogP contribution < -0.4 is 4.74 Å². The molecule has 0 saturated heterocycles. The Morgan fingerprint density at radius 1 is 0.618 bits per heavy atom. The summed E-state index contributed by atoms with van der Waals surface area (Å²) in [7, 11) is 0. The van der Waals surface area contributed by atoms with Crippen LogP contribution >= 0.6 is 0 Å². The maximum Gasteiger partial charge on any atom is 0.171 e. The lowest BCUT2D eigenvalue weighted by molar-refractivity contribution is 0.159. The van der Waals surface area contributed by atoms with Crippen molar-refractivity contribution in [2.45, 2.75) is 51.9 Å². The maximum absolute atomic E-state index is 15.3. The Kier molecular flexibility index (Phi) is 6.91. The molecule has 1 aliphatic rings. The van der Waals surface area contributed by atoms with Crippen molar-refractivity contribution in [2.75, 3.05) is 6.61 Å². The molecule has 0 amide bonds. The van der Waals surface area contributed by atoms with Gasteiger partial charge in [0.25, 0.3) is 0 Å². The molecule has 0 N–H and O–H groups in total. The van der Waals surface area contributed by atoms with Crippen LogP contribution in [0.4, 0.5) is 26.3 Å². The number of ether oxygens (including phenoxy) is 1. The summed E-state index contributed by atoms with van der Waals surface area (Å²) in [6, 6.07) is 8.45. The van der Waals surface area contributed by atoms with Crippen molar-refractivity contribution in [3.63, 3.8) is 0 Å². The lowest BCUT2D eigenvalue weighted by atomic mass is 9.81. The Balaban J connectivity index is 1.68. The van der Waals surface area contributed by atoms with Gasteiger partial charge >= 0.3 is 0 Å². The first-order valence-electron chi connectivity index (χ1n) is 11.3. The Bertz CT molecular complexity index is 1220. The molecule has 7 heteroatoms. The third-order valence-corrected chi connectivity index (χ3v) is 6.23. The fourth-order valence-corrected chi connectivity index (χ4v) is 4.53. The Labute approximate surface area is 194 Å². The summed E-state index contributed by atoms with van der Waals surface area (Å²) in [6.45, 7) is 3.64. The minimum atomic E-state index is -2.42. The van der Waals surface area contributed by atoms with E-state index in [1.165, 1.54) is 36.4 Å². The highest BCUT2D eigenvalue weighted by Gasteiger charge is 2.39. The molecule has 3 aromatic carbocycles. The van der Waals surface area contributed by atoms with E-state index in [4.69, 9.17) is 4.74 Å². The van der Waals surface area contributed by atoms with Gasteiger partial charge in [-0.2, -0.15) is 0 Å². The summed E-state index contributed by atoms with van der Waals surface area (Å²) in [5.41, 5.74) is -0.486. The van der Waals surface area contributed by atoms with E-state index >= 15 is 8.78 Å². The third-order valence-electron chi connectivity index (χ3n) is 6.23. The van der Waals surface area contributed by atoms with Crippen molar-refractivity contribution >= 4 is 0 Å². The highest BCUT2D eigenvalue weighted by molar-refractivity contribution is 5.76. The van der Waals surface area contributed by atoms with Crippen LogP contribution in [-0.2, 0) is 19.3 Å². The van der Waals surface area contributed by atoms with Crippen LogP contribution in [0.1, 0.15) is 60.4 Å². The van der Waals surface area contributed by atoms with Crippen molar-refractivity contribution in [3.8, 4) is 16.9 Å². The monoisotopic (exact) mass is 478 g/mol. The molecule has 0 aliphatic heterocycles. The van der Waals surface area contributed by atoms with Gasteiger partial charge in [0.05, 0.1) is 6.61 Å². The quantitative estimate of drug-likeness (QED) is 0.312. The van der Waals surface area contributed by atoms with E-state index in [9.17, 15) is 17.6 Å². The second-order valence-electron chi connectivity index (χ2n) is 8.34. The van der Waals surface area contributed by atoms with Gasteiger partial charge in [-0.1, -0.05) is 43.7 Å². The van der Waals surface area contributed by atoms with E-state index in [1.54, 1.807) is 6.92 Å². The zero-order valence-corrected chi connectivity index (χ0v) is 18.8. The molecule has 2 atom stereocenters. The molecule has 2 unspecified atom stereocenters. The van der Waals surface area contributed by atoms with Crippen LogP contribution in [0, 0.1) is 23.3 Å². The molecular weight excluding hydrogens is 454 g/mol. The lowest BCUT2D eigenvalue weighted by Crippen LogP contribution is -2.17. The molecule has 4 rings (SSSR count). The smallest absolute Gasteiger partial charge is 0.171 e. The van der Waals surface area contributed by atoms with Crippen LogP contribution in [0.3, 0.4) is 0 Å². The van der Waals surface area contributed by atoms with Crippen molar-refractivity contribution in [1.82, 2.24) is 0 Å². The number of hydrogen-bond acceptors (Lipinski definition) is 1. The second kappa shape index (κ2) is 9.72. The number of hydrogen-bond donors (Lipinski definition) is 0. The molecule has 3 aromatic rings. The number of alkyl halides is 2. The normalized spacial score (nSPS) is 16.8. The van der Waals surface area contributed by atoms with Gasteiger partial charge in [-0.05, 0) is 60.1 Å². The molecule has 0 spiro atoms. The summed E-state index contributed by atoms with van der Waals surface area (Å²) in [6.07, 6.45) is -3.84. The number of halogens is 6. The zero-order valence-electron chi connectivity index (χ0n) is 18.8. The van der Waals surface area contributed by atoms with Crippen LogP contribution in [0.15, 0.2) is 36.4 Å². The molecule has 0 heterocycles. The summed E-state index contributed by atoms with van der Waals surface area (Å²) in [5.74, 6) is -4.06. The van der Waals surface area contributed by atoms with E-state index in [1.807, 2.05) is 6.92 Å². The maximum atomic E-state index is 15.3. The van der Waals surface area contributed by atoms with E-state index < -0.39 is 46.7 Å². The van der Waals surface area contributed by atoms with E-state index in [2.05, 4.69) is 0 Å². The van der Waals surface area contributed by atoms with Crippen LogP contribution in [-0.4, -0.2) is 6.61 Å². The first-order valence-corrected chi connectivity index (χ1v) is 11.3. The second-order valence-corrected chi connectivity index (χ2v) is 8.34. The van der Waals surface area contributed by atoms with Gasteiger partial charge in [0.2, 0.25) is 0 Å². The first kappa shape index (κ1) is 24.2. The molecular formula is C27H24F6O. The predicted octanol–water partition coefficient (Wildman–Crippen LogP) is 8.08. The van der Waals surface area contributed by atoms with Crippen molar-refractivity contribution < 1.29 is 31.1 Å². The number of benzene rings is 3. The highest BCUT2D eigenvalue weighted by Crippen LogP contribution is 2.51. The molecule has 0 fully saturated rings. The van der Waals surface area contributed by atoms with Crippen LogP contribution in [0.5, 0.6) is 5.75 Å². The van der Waals surface area contributed by atoms with Crippen molar-refractivity contribution in [2.24, 2.45) is 0 Å². The minimum Gasteiger partial charge on any atom is -0.491 e. The van der Waals surface area contributed by atoms with Crippen LogP contribution in [0.25, 0.3) is 11.1 Å². The average Bonchev–Trinajstić information content (AvgIpc) is 2.82. The summed E-state index contributed by atoms with van der Waals surface area (Å²) in [5, 5.41) is 0. The SMILES string of the molecule is CCCc1ccc(CCc2ccc3c(c2F)C(F)C(F)c2c-3ccc(OCC)c2F)c(F)c1F. The van der Waals surface area contributed by atoms with Gasteiger partial charge in [-0.25, -0.2) is 26.3 Å². The fraction of sp³-hybridized carbons (Fsp3) is 0.333. The fourth-order valence-electron chi connectivity index (χ4n) is 4.53. The number of rotatable bonds is 7. The number of aryl methyl sites for hydroxylation is 3. The summed E-state index contributed by atoms with van der Waals surface area (Å²) < 4.78 is 94.0. The Morgan fingerprint density at radius 3 is 1.65 bits per heavy atom. The van der Waals surface area contributed by atoms with Gasteiger partial charge in [-0.3, -0.25) is 0 Å². The van der Waals surface area contributed by atoms with Gasteiger partial charge in [-0.15, -0.1) is 0 Å². The molecule has 0 bridgehead atoms. The first-order chi connectivity index (χ1) is 16.3. The molecule has 0 saturated carbocycles. The van der Waals surface area contributed by atoms with Gasteiger partial charge in [0, 0.05) is 11.1 Å². The molecule has 0 radical (unpaired) electrons. The van der Waals surface area contributed by atoms with Gasteiger partial charge in [0.1, 0.15) is 5.82 Å². The van der Waals surface area contributed by atoms with Gasteiger partial charge in [0.15, 0.2) is 35.5 Å². The average molecular weight is 478 g/mol. The molecule has 0 aromatic heterocycles. The van der Waals surface area contributed by atoms with E-state index in [0.29, 0.717) is 12.8 Å². The summed E-state index contributed by atoms with van der Waals surface area (Å²) >= 11 is 0. The zero-order chi connectivity index (χ0) is 24.6. The van der Waals surface area contributed by atoms with Crippen LogP contribution in [0.2, 0.25) is 0 Å². The van der Waals surface area contributed by atoms with Crippen molar-refractivity contribution in [1.29, 1.82) is 0 Å². The van der Waals surface area contributed by atoms with Gasteiger partial charge < -0.3 is 4.74 Å².